The van der Waals surface area contributed by atoms with Gasteiger partial charge in [0, 0.05) is 22.7 Å². The Morgan fingerprint density at radius 1 is 1.25 bits per heavy atom. The third kappa shape index (κ3) is 1.84. The summed E-state index contributed by atoms with van der Waals surface area (Å²) in [6.07, 6.45) is 1.90. The van der Waals surface area contributed by atoms with Gasteiger partial charge in [-0.2, -0.15) is 0 Å². The lowest BCUT2D eigenvalue weighted by molar-refractivity contribution is 0.574. The van der Waals surface area contributed by atoms with E-state index in [9.17, 15) is 0 Å². The third-order valence-electron chi connectivity index (χ3n) is 2.93. The van der Waals surface area contributed by atoms with E-state index >= 15 is 0 Å². The average molecular weight is 216 g/mol. The number of hydrogen-bond acceptors (Lipinski definition) is 1. The van der Waals surface area contributed by atoms with Gasteiger partial charge < -0.3 is 4.98 Å². The number of rotatable bonds is 1. The summed E-state index contributed by atoms with van der Waals surface area (Å²) in [7, 11) is 0. The topological polar surface area (TPSA) is 28.7 Å². The minimum Gasteiger partial charge on any atom is -0.356 e. The molecule has 0 saturated carbocycles. The van der Waals surface area contributed by atoms with Crippen LogP contribution in [0.5, 0.6) is 0 Å². The van der Waals surface area contributed by atoms with Gasteiger partial charge in [-0.05, 0) is 18.1 Å². The summed E-state index contributed by atoms with van der Waals surface area (Å²) in [4.78, 5) is 7.99. The fraction of sp³-hybridized carbons (Fsp3) is 0.500. The highest BCUT2D eigenvalue weighted by atomic mass is 14.8. The Balaban J connectivity index is 2.66. The van der Waals surface area contributed by atoms with Crippen molar-refractivity contribution in [1.29, 1.82) is 0 Å². The number of aromatic amines is 1. The Labute approximate surface area is 97.1 Å². The number of nitrogens with one attached hydrogen (secondary N) is 1. The second kappa shape index (κ2) is 3.62. The van der Waals surface area contributed by atoms with Crippen molar-refractivity contribution in [3.63, 3.8) is 0 Å². The van der Waals surface area contributed by atoms with Gasteiger partial charge in [-0.25, -0.2) is 0 Å². The Morgan fingerprint density at radius 2 is 1.94 bits per heavy atom. The smallest absolute Gasteiger partial charge is 0.0678 e. The fourth-order valence-corrected chi connectivity index (χ4v) is 1.92. The van der Waals surface area contributed by atoms with Gasteiger partial charge in [0.05, 0.1) is 11.2 Å². The second-order valence-corrected chi connectivity index (χ2v) is 5.75. The van der Waals surface area contributed by atoms with Crippen LogP contribution in [-0.2, 0) is 5.41 Å². The molecule has 2 heterocycles. The van der Waals surface area contributed by atoms with Gasteiger partial charge in [0.2, 0.25) is 0 Å². The van der Waals surface area contributed by atoms with Gasteiger partial charge in [-0.1, -0.05) is 34.6 Å². The summed E-state index contributed by atoms with van der Waals surface area (Å²) in [6.45, 7) is 11.0. The lowest BCUT2D eigenvalue weighted by Gasteiger charge is -2.15. The molecule has 16 heavy (non-hydrogen) atoms. The highest BCUT2D eigenvalue weighted by Crippen LogP contribution is 2.28. The normalized spacial score (nSPS) is 12.6. The molecule has 0 spiro atoms. The van der Waals surface area contributed by atoms with Gasteiger partial charge in [-0.3, -0.25) is 4.98 Å². The van der Waals surface area contributed by atoms with Crippen molar-refractivity contribution in [3.05, 3.63) is 29.7 Å². The van der Waals surface area contributed by atoms with Crippen LogP contribution in [0.2, 0.25) is 0 Å². The second-order valence-electron chi connectivity index (χ2n) is 5.75. The Kier molecular flexibility index (Phi) is 2.53. The Bertz CT molecular complexity index is 501. The molecule has 2 rings (SSSR count). The molecule has 0 aromatic carbocycles. The standard InChI is InChI=1S/C14H20N2/c1-9(2)12-13-10(6-7-15-12)8-11(16-13)14(3,4)5/h6-9,16H,1-5H3. The zero-order valence-corrected chi connectivity index (χ0v) is 10.8. The minimum atomic E-state index is 0.160. The number of aromatic nitrogens is 2. The van der Waals surface area contributed by atoms with Crippen LogP contribution in [0.15, 0.2) is 18.3 Å². The molecule has 0 unspecified atom stereocenters. The van der Waals surface area contributed by atoms with Crippen LogP contribution in [-0.4, -0.2) is 9.97 Å². The maximum absolute atomic E-state index is 4.47. The molecule has 0 fully saturated rings. The van der Waals surface area contributed by atoms with E-state index in [0.717, 1.165) is 5.69 Å². The van der Waals surface area contributed by atoms with Crippen LogP contribution in [0.4, 0.5) is 0 Å². The van der Waals surface area contributed by atoms with Gasteiger partial charge in [0.15, 0.2) is 0 Å². The number of pyridine rings is 1. The highest BCUT2D eigenvalue weighted by molar-refractivity contribution is 5.82. The van der Waals surface area contributed by atoms with Crippen LogP contribution in [0, 0.1) is 0 Å². The van der Waals surface area contributed by atoms with Gasteiger partial charge in [0.1, 0.15) is 0 Å². The molecule has 0 saturated heterocycles. The van der Waals surface area contributed by atoms with E-state index in [-0.39, 0.29) is 5.41 Å². The molecule has 0 bridgehead atoms. The molecule has 0 aliphatic rings. The first-order valence-electron chi connectivity index (χ1n) is 5.87. The van der Waals surface area contributed by atoms with E-state index in [4.69, 9.17) is 0 Å². The number of nitrogens with zero attached hydrogens (tertiary/aromatic N) is 1. The summed E-state index contributed by atoms with van der Waals surface area (Å²) in [5, 5.41) is 1.27. The fourth-order valence-electron chi connectivity index (χ4n) is 1.92. The monoisotopic (exact) mass is 216 g/mol. The van der Waals surface area contributed by atoms with Crippen LogP contribution < -0.4 is 0 Å². The van der Waals surface area contributed by atoms with Crippen molar-refractivity contribution in [3.8, 4) is 0 Å². The molecule has 0 radical (unpaired) electrons. The van der Waals surface area contributed by atoms with Crippen molar-refractivity contribution >= 4 is 10.9 Å². The van der Waals surface area contributed by atoms with Crippen molar-refractivity contribution in [2.24, 2.45) is 0 Å². The molecule has 2 aromatic heterocycles. The van der Waals surface area contributed by atoms with Crippen LogP contribution >= 0.6 is 0 Å². The predicted octanol–water partition coefficient (Wildman–Crippen LogP) is 3.98. The number of hydrogen-bond donors (Lipinski definition) is 1. The molecule has 0 aliphatic heterocycles. The van der Waals surface area contributed by atoms with Crippen molar-refractivity contribution in [1.82, 2.24) is 9.97 Å². The zero-order valence-electron chi connectivity index (χ0n) is 10.8. The molecule has 2 nitrogen and oxygen atoms in total. The van der Waals surface area contributed by atoms with Crippen LogP contribution in [0.1, 0.15) is 51.9 Å². The quantitative estimate of drug-likeness (QED) is 0.767. The SMILES string of the molecule is CC(C)c1nccc2cc(C(C)(C)C)[nH]c12. The first-order valence-corrected chi connectivity index (χ1v) is 5.87. The first-order chi connectivity index (χ1) is 7.39. The summed E-state index contributed by atoms with van der Waals surface area (Å²) in [6, 6.07) is 4.32. The van der Waals surface area contributed by atoms with E-state index in [0.29, 0.717) is 5.92 Å². The third-order valence-corrected chi connectivity index (χ3v) is 2.93. The maximum Gasteiger partial charge on any atom is 0.0678 e. The lowest BCUT2D eigenvalue weighted by Crippen LogP contribution is -2.11. The number of H-pyrrole nitrogens is 1. The van der Waals surface area contributed by atoms with E-state index in [1.165, 1.54) is 16.6 Å². The largest absolute Gasteiger partial charge is 0.356 e. The highest BCUT2D eigenvalue weighted by Gasteiger charge is 2.18. The van der Waals surface area contributed by atoms with E-state index < -0.39 is 0 Å². The molecule has 2 aromatic rings. The summed E-state index contributed by atoms with van der Waals surface area (Å²) in [5.41, 5.74) is 3.79. The first kappa shape index (κ1) is 11.2. The molecule has 0 amide bonds. The summed E-state index contributed by atoms with van der Waals surface area (Å²) >= 11 is 0. The van der Waals surface area contributed by atoms with Crippen LogP contribution in [0.3, 0.4) is 0 Å². The van der Waals surface area contributed by atoms with E-state index in [1.807, 2.05) is 6.20 Å². The predicted molar refractivity (Wildman–Crippen MR) is 68.9 cm³/mol. The molecular weight excluding hydrogens is 196 g/mol. The van der Waals surface area contributed by atoms with Gasteiger partial charge in [0.25, 0.3) is 0 Å². The Morgan fingerprint density at radius 3 is 2.50 bits per heavy atom. The van der Waals surface area contributed by atoms with Gasteiger partial charge >= 0.3 is 0 Å². The lowest BCUT2D eigenvalue weighted by atomic mass is 9.92. The van der Waals surface area contributed by atoms with Crippen molar-refractivity contribution in [2.75, 3.05) is 0 Å². The number of fused-ring (bicyclic) bond motifs is 1. The van der Waals surface area contributed by atoms with E-state index in [1.54, 1.807) is 0 Å². The van der Waals surface area contributed by atoms with Crippen LogP contribution in [0.25, 0.3) is 10.9 Å². The van der Waals surface area contributed by atoms with Crippen molar-refractivity contribution in [2.45, 2.75) is 46.0 Å². The maximum atomic E-state index is 4.47. The molecule has 2 heteroatoms. The average Bonchev–Trinajstić information content (AvgIpc) is 2.59. The molecule has 0 aliphatic carbocycles. The summed E-state index contributed by atoms with van der Waals surface area (Å²) < 4.78 is 0. The van der Waals surface area contributed by atoms with E-state index in [2.05, 4.69) is 56.7 Å². The summed E-state index contributed by atoms with van der Waals surface area (Å²) in [5.74, 6) is 0.454. The molecular formula is C14H20N2. The van der Waals surface area contributed by atoms with Gasteiger partial charge in [-0.15, -0.1) is 0 Å². The minimum absolute atomic E-state index is 0.160. The zero-order chi connectivity index (χ0) is 11.9. The van der Waals surface area contributed by atoms with Crippen molar-refractivity contribution < 1.29 is 0 Å². The Hall–Kier alpha value is -1.31. The molecule has 1 N–H and O–H groups in total. The molecule has 0 atom stereocenters. The molecule has 86 valence electrons.